The van der Waals surface area contributed by atoms with E-state index in [-0.39, 0.29) is 4.32 Å². The Labute approximate surface area is 130 Å². The number of carbonyl (C=O) groups excluding carboxylic acids is 2. The average molecular weight is 327 g/mol. The number of nitrogens with zero attached hydrogens (tertiary/aromatic N) is 1. The fourth-order valence-electron chi connectivity index (χ4n) is 1.63. The van der Waals surface area contributed by atoms with Gasteiger partial charge >= 0.3 is 0 Å². The van der Waals surface area contributed by atoms with Crippen molar-refractivity contribution in [1.82, 2.24) is 4.90 Å². The second-order valence-electron chi connectivity index (χ2n) is 4.10. The van der Waals surface area contributed by atoms with Gasteiger partial charge in [0, 0.05) is 5.02 Å². The van der Waals surface area contributed by atoms with Crippen molar-refractivity contribution in [3.05, 3.63) is 39.8 Å². The summed E-state index contributed by atoms with van der Waals surface area (Å²) < 4.78 is 0.215. The number of carbonyl (C=O) groups is 2. The Morgan fingerprint density at radius 3 is 2.60 bits per heavy atom. The van der Waals surface area contributed by atoms with Gasteiger partial charge in [-0.3, -0.25) is 9.69 Å². The molecule has 0 aliphatic carbocycles. The highest BCUT2D eigenvalue weighted by Crippen LogP contribution is 2.33. The van der Waals surface area contributed by atoms with Gasteiger partial charge < -0.3 is 9.90 Å². The first-order chi connectivity index (χ1) is 9.40. The van der Waals surface area contributed by atoms with Gasteiger partial charge in [-0.1, -0.05) is 47.7 Å². The molecule has 1 aliphatic rings. The summed E-state index contributed by atoms with van der Waals surface area (Å²) in [7, 11) is 0. The zero-order valence-corrected chi connectivity index (χ0v) is 12.7. The summed E-state index contributed by atoms with van der Waals surface area (Å²) in [4.78, 5) is 24.5. The molecule has 1 amide bonds. The molecule has 1 heterocycles. The molecule has 1 atom stereocenters. The van der Waals surface area contributed by atoms with E-state index in [4.69, 9.17) is 23.8 Å². The summed E-state index contributed by atoms with van der Waals surface area (Å²) in [6.07, 6.45) is 1.65. The van der Waals surface area contributed by atoms with Gasteiger partial charge in [0.15, 0.2) is 0 Å². The molecule has 20 heavy (non-hydrogen) atoms. The van der Waals surface area contributed by atoms with E-state index < -0.39 is 17.9 Å². The number of thioether (sulfide) groups is 1. The summed E-state index contributed by atoms with van der Waals surface area (Å²) in [5.74, 6) is -1.76. The number of hydrogen-bond donors (Lipinski definition) is 0. The van der Waals surface area contributed by atoms with Gasteiger partial charge in [0.1, 0.15) is 4.32 Å². The molecule has 0 N–H and O–H groups in total. The number of benzene rings is 1. The second kappa shape index (κ2) is 5.95. The maximum atomic E-state index is 12.2. The molecule has 2 rings (SSSR count). The van der Waals surface area contributed by atoms with E-state index in [1.807, 2.05) is 0 Å². The highest BCUT2D eigenvalue weighted by Gasteiger charge is 2.35. The second-order valence-corrected chi connectivity index (χ2v) is 6.21. The Hall–Kier alpha value is -1.37. The van der Waals surface area contributed by atoms with Gasteiger partial charge in [0.25, 0.3) is 5.91 Å². The molecule has 104 valence electrons. The van der Waals surface area contributed by atoms with Crippen LogP contribution in [0.4, 0.5) is 0 Å². The maximum Gasteiger partial charge on any atom is 0.266 e. The Kier molecular flexibility index (Phi) is 4.47. The molecule has 0 unspecified atom stereocenters. The van der Waals surface area contributed by atoms with Crippen LogP contribution in [0.1, 0.15) is 12.5 Å². The van der Waals surface area contributed by atoms with Crippen molar-refractivity contribution in [1.29, 1.82) is 0 Å². The average Bonchev–Trinajstić information content (AvgIpc) is 2.66. The van der Waals surface area contributed by atoms with E-state index in [2.05, 4.69) is 0 Å². The van der Waals surface area contributed by atoms with Crippen LogP contribution in [0.25, 0.3) is 6.08 Å². The molecule has 0 bridgehead atoms. The molecule has 4 nitrogen and oxygen atoms in total. The first-order valence-electron chi connectivity index (χ1n) is 5.63. The number of thiocarbonyl (C=S) groups is 1. The number of hydrogen-bond acceptors (Lipinski definition) is 5. The largest absolute Gasteiger partial charge is 0.548 e. The van der Waals surface area contributed by atoms with E-state index in [9.17, 15) is 14.7 Å². The van der Waals surface area contributed by atoms with Gasteiger partial charge in [-0.25, -0.2) is 0 Å². The standard InChI is InChI=1S/C13H10ClNO3S2/c1-7(12(17)18)15-11(16)10(20-13(15)19)6-8-2-4-9(14)5-3-8/h2-7H,1H3,(H,17,18)/p-1/b10-6-/t7-/m0/s1. The van der Waals surface area contributed by atoms with E-state index in [0.717, 1.165) is 22.2 Å². The molecular weight excluding hydrogens is 318 g/mol. The van der Waals surface area contributed by atoms with E-state index >= 15 is 0 Å². The monoisotopic (exact) mass is 326 g/mol. The minimum absolute atomic E-state index is 0.215. The number of amides is 1. The van der Waals surface area contributed by atoms with Crippen LogP contribution in [0.2, 0.25) is 5.02 Å². The van der Waals surface area contributed by atoms with Crippen LogP contribution in [0.3, 0.4) is 0 Å². The van der Waals surface area contributed by atoms with Crippen molar-refractivity contribution >= 4 is 57.9 Å². The normalized spacial score (nSPS) is 18.7. The van der Waals surface area contributed by atoms with Crippen LogP contribution in [-0.2, 0) is 9.59 Å². The maximum absolute atomic E-state index is 12.2. The van der Waals surface area contributed by atoms with Gasteiger partial charge in [-0.05, 0) is 30.7 Å². The van der Waals surface area contributed by atoms with Gasteiger partial charge in [0.2, 0.25) is 0 Å². The molecule has 0 spiro atoms. The Balaban J connectivity index is 2.28. The number of aliphatic carboxylic acids is 1. The summed E-state index contributed by atoms with van der Waals surface area (Å²) in [6.45, 7) is 1.37. The van der Waals surface area contributed by atoms with Gasteiger partial charge in [-0.15, -0.1) is 0 Å². The van der Waals surface area contributed by atoms with Crippen molar-refractivity contribution in [2.45, 2.75) is 13.0 Å². The van der Waals surface area contributed by atoms with Crippen molar-refractivity contribution in [2.24, 2.45) is 0 Å². The topological polar surface area (TPSA) is 60.4 Å². The lowest BCUT2D eigenvalue weighted by molar-refractivity contribution is -0.309. The van der Waals surface area contributed by atoms with E-state index in [1.165, 1.54) is 6.92 Å². The third-order valence-electron chi connectivity index (χ3n) is 2.72. The molecule has 0 radical (unpaired) electrons. The molecule has 7 heteroatoms. The quantitative estimate of drug-likeness (QED) is 0.625. The molecule has 1 aromatic rings. The first-order valence-corrected chi connectivity index (χ1v) is 7.24. The third-order valence-corrected chi connectivity index (χ3v) is 4.30. The fourth-order valence-corrected chi connectivity index (χ4v) is 3.17. The molecule has 0 saturated carbocycles. The molecule has 1 fully saturated rings. The van der Waals surface area contributed by atoms with Crippen LogP contribution in [0.15, 0.2) is 29.2 Å². The van der Waals surface area contributed by atoms with Crippen LogP contribution in [-0.4, -0.2) is 27.1 Å². The van der Waals surface area contributed by atoms with Crippen LogP contribution >= 0.6 is 35.6 Å². The summed E-state index contributed by atoms with van der Waals surface area (Å²) in [6, 6.07) is 5.85. The molecule has 1 aromatic carbocycles. The number of rotatable bonds is 3. The number of carboxylic acids is 1. The lowest BCUT2D eigenvalue weighted by atomic mass is 10.2. The van der Waals surface area contributed by atoms with E-state index in [0.29, 0.717) is 9.93 Å². The predicted molar refractivity (Wildman–Crippen MR) is 80.9 cm³/mol. The van der Waals surface area contributed by atoms with Crippen LogP contribution < -0.4 is 5.11 Å². The molecule has 0 aromatic heterocycles. The SMILES string of the molecule is C[C@@H](C(=O)[O-])N1C(=O)/C(=C/c2ccc(Cl)cc2)SC1=S. The fraction of sp³-hybridized carbons (Fsp3) is 0.154. The summed E-state index contributed by atoms with van der Waals surface area (Å²) in [5, 5.41) is 11.5. The van der Waals surface area contributed by atoms with Crippen molar-refractivity contribution in [3.8, 4) is 0 Å². The van der Waals surface area contributed by atoms with Crippen molar-refractivity contribution in [3.63, 3.8) is 0 Å². The van der Waals surface area contributed by atoms with Crippen molar-refractivity contribution < 1.29 is 14.7 Å². The minimum atomic E-state index is -1.34. The zero-order chi connectivity index (χ0) is 14.9. The van der Waals surface area contributed by atoms with Gasteiger partial charge in [0.05, 0.1) is 16.9 Å². The smallest absolute Gasteiger partial charge is 0.266 e. The lowest BCUT2D eigenvalue weighted by Crippen LogP contribution is -2.48. The number of carboxylic acid groups (broad SMARTS) is 1. The Morgan fingerprint density at radius 2 is 2.05 bits per heavy atom. The zero-order valence-electron chi connectivity index (χ0n) is 10.3. The van der Waals surface area contributed by atoms with Gasteiger partial charge in [-0.2, -0.15) is 0 Å². The van der Waals surface area contributed by atoms with Crippen LogP contribution in [0.5, 0.6) is 0 Å². The lowest BCUT2D eigenvalue weighted by Gasteiger charge is -2.23. The molecule has 1 aliphatic heterocycles. The third kappa shape index (κ3) is 3.03. The highest BCUT2D eigenvalue weighted by atomic mass is 35.5. The van der Waals surface area contributed by atoms with E-state index in [1.54, 1.807) is 30.3 Å². The summed E-state index contributed by atoms with van der Waals surface area (Å²) >= 11 is 11.9. The Bertz CT molecular complexity index is 613. The first kappa shape index (κ1) is 15.0. The predicted octanol–water partition coefficient (Wildman–Crippen LogP) is 1.68. The molecule has 1 saturated heterocycles. The number of halogens is 1. The summed E-state index contributed by atoms with van der Waals surface area (Å²) in [5.41, 5.74) is 0.788. The van der Waals surface area contributed by atoms with Crippen LogP contribution in [0, 0.1) is 0 Å². The minimum Gasteiger partial charge on any atom is -0.548 e. The Morgan fingerprint density at radius 1 is 1.45 bits per heavy atom. The highest BCUT2D eigenvalue weighted by molar-refractivity contribution is 8.26. The molecular formula is C13H9ClNO3S2-. The van der Waals surface area contributed by atoms with Crippen molar-refractivity contribution in [2.75, 3.05) is 0 Å².